The number of aryl methyl sites for hydroxylation is 1. The lowest BCUT2D eigenvalue weighted by molar-refractivity contribution is -0.138. The van der Waals surface area contributed by atoms with E-state index in [0.29, 0.717) is 52.1 Å². The van der Waals surface area contributed by atoms with E-state index >= 15 is 0 Å². The van der Waals surface area contributed by atoms with Gasteiger partial charge in [0.05, 0.1) is 30.4 Å². The Morgan fingerprint density at radius 3 is 2.35 bits per heavy atom. The number of amides is 1. The number of fused-ring (bicyclic) bond motifs is 1. The summed E-state index contributed by atoms with van der Waals surface area (Å²) in [5.74, 6) is -0.625. The lowest BCUT2D eigenvalue weighted by atomic mass is 9.78. The fourth-order valence-electron chi connectivity index (χ4n) is 6.41. The van der Waals surface area contributed by atoms with Crippen LogP contribution < -0.4 is 19.7 Å². The van der Waals surface area contributed by atoms with E-state index in [1.165, 1.54) is 0 Å². The molecule has 0 bridgehead atoms. The van der Waals surface area contributed by atoms with Crippen molar-refractivity contribution in [1.82, 2.24) is 0 Å². The molecule has 1 amide bonds. The van der Waals surface area contributed by atoms with Gasteiger partial charge >= 0.3 is 5.97 Å². The number of Topliss-reactive ketones (excluding diaryl/α,β-unsaturated/α-hetero) is 1. The fraction of sp³-hybridized carbons (Fsp3) is 0.256. The number of carbonyl (C=O) groups excluding carboxylic acids is 2. The molecule has 0 fully saturated rings. The Kier molecular flexibility index (Phi) is 9.82. The Bertz CT molecular complexity index is 1870. The maximum absolute atomic E-state index is 14.4. The summed E-state index contributed by atoms with van der Waals surface area (Å²) in [7, 11) is 0. The van der Waals surface area contributed by atoms with Crippen LogP contribution in [0.3, 0.4) is 0 Å². The molecule has 0 saturated carbocycles. The molecule has 0 radical (unpaired) electrons. The van der Waals surface area contributed by atoms with E-state index in [9.17, 15) is 19.5 Å². The molecule has 0 spiro atoms. The van der Waals surface area contributed by atoms with Crippen LogP contribution in [-0.2, 0) is 21.0 Å². The van der Waals surface area contributed by atoms with Gasteiger partial charge in [0.1, 0.15) is 6.61 Å². The lowest BCUT2D eigenvalue weighted by Crippen LogP contribution is -2.38. The van der Waals surface area contributed by atoms with Crippen LogP contribution in [0.1, 0.15) is 66.8 Å². The number of nitrogens with one attached hydrogen (secondary N) is 1. The van der Waals surface area contributed by atoms with Crippen molar-refractivity contribution in [2.24, 2.45) is 0 Å². The number of carbonyl (C=O) groups is 3. The molecule has 2 aliphatic rings. The van der Waals surface area contributed by atoms with Crippen LogP contribution >= 0.6 is 11.6 Å². The molecule has 48 heavy (non-hydrogen) atoms. The zero-order chi connectivity index (χ0) is 33.8. The van der Waals surface area contributed by atoms with Crippen molar-refractivity contribution in [2.45, 2.75) is 58.1 Å². The second kappa shape index (κ2) is 14.4. The quantitative estimate of drug-likeness (QED) is 0.175. The van der Waals surface area contributed by atoms with E-state index in [4.69, 9.17) is 21.1 Å². The second-order valence-electron chi connectivity index (χ2n) is 12.1. The van der Waals surface area contributed by atoms with Crippen LogP contribution in [0.4, 0.5) is 11.4 Å². The molecule has 8 nitrogen and oxygen atoms in total. The zero-order valence-electron chi connectivity index (χ0n) is 26.9. The number of anilines is 2. The molecular formula is C39H37ClN2O6. The molecule has 0 aromatic heterocycles. The van der Waals surface area contributed by atoms with Crippen molar-refractivity contribution >= 4 is 40.6 Å². The largest absolute Gasteiger partial charge is 0.490 e. The maximum atomic E-state index is 14.4. The van der Waals surface area contributed by atoms with E-state index < -0.39 is 17.9 Å². The summed E-state index contributed by atoms with van der Waals surface area (Å²) in [5.41, 5.74) is 6.25. The molecule has 1 aliphatic heterocycles. The molecule has 246 valence electrons. The molecule has 9 heteroatoms. The molecule has 1 heterocycles. The number of nitrogens with zero attached hydrogens (tertiary/aromatic N) is 1. The average molecular weight is 665 g/mol. The van der Waals surface area contributed by atoms with E-state index in [0.717, 1.165) is 22.4 Å². The highest BCUT2D eigenvalue weighted by Gasteiger charge is 2.42. The van der Waals surface area contributed by atoms with Gasteiger partial charge in [-0.2, -0.15) is 0 Å². The number of ketones is 1. The van der Waals surface area contributed by atoms with E-state index in [-0.39, 0.29) is 37.6 Å². The highest BCUT2D eigenvalue weighted by Crippen LogP contribution is 2.48. The second-order valence-corrected chi connectivity index (χ2v) is 12.5. The Morgan fingerprint density at radius 2 is 1.62 bits per heavy atom. The molecule has 2 N–H and O–H groups in total. The first-order valence-electron chi connectivity index (χ1n) is 16.1. The Hall–Kier alpha value is -5.08. The first kappa shape index (κ1) is 32.8. The Balaban J connectivity index is 1.46. The van der Waals surface area contributed by atoms with E-state index in [2.05, 4.69) is 29.6 Å². The summed E-state index contributed by atoms with van der Waals surface area (Å²) in [6, 6.07) is 27.6. The Labute approximate surface area is 284 Å². The smallest absolute Gasteiger partial charge is 0.303 e. The van der Waals surface area contributed by atoms with Gasteiger partial charge in [0, 0.05) is 29.1 Å². The van der Waals surface area contributed by atoms with Crippen molar-refractivity contribution in [3.63, 3.8) is 0 Å². The molecule has 0 unspecified atom stereocenters. The minimum atomic E-state index is -1.07. The minimum Gasteiger partial charge on any atom is -0.490 e. The first-order chi connectivity index (χ1) is 23.2. The van der Waals surface area contributed by atoms with Crippen LogP contribution in [0.25, 0.3) is 0 Å². The van der Waals surface area contributed by atoms with Crippen molar-refractivity contribution in [1.29, 1.82) is 0 Å². The van der Waals surface area contributed by atoms with Gasteiger partial charge in [-0.1, -0.05) is 71.8 Å². The van der Waals surface area contributed by atoms with Crippen LogP contribution in [0.15, 0.2) is 102 Å². The molecule has 4 aromatic carbocycles. The fourth-order valence-corrected chi connectivity index (χ4v) is 6.54. The molecule has 6 rings (SSSR count). The first-order valence-corrected chi connectivity index (χ1v) is 16.5. The van der Waals surface area contributed by atoms with Gasteiger partial charge in [-0.05, 0) is 79.3 Å². The lowest BCUT2D eigenvalue weighted by Gasteiger charge is -2.35. The zero-order valence-corrected chi connectivity index (χ0v) is 27.6. The van der Waals surface area contributed by atoms with Gasteiger partial charge in [-0.15, -0.1) is 0 Å². The van der Waals surface area contributed by atoms with Crippen LogP contribution in [0, 0.1) is 6.92 Å². The average Bonchev–Trinajstić information content (AvgIpc) is 3.22. The van der Waals surface area contributed by atoms with Crippen LogP contribution in [0.2, 0.25) is 5.02 Å². The number of benzene rings is 4. The summed E-state index contributed by atoms with van der Waals surface area (Å²) < 4.78 is 12.2. The molecule has 1 aliphatic carbocycles. The van der Waals surface area contributed by atoms with Crippen molar-refractivity contribution < 1.29 is 29.0 Å². The standard InChI is InChI=1S/C39H37ClN2O6/c1-3-47-35-22-27(14-17-34(35)48-23-25-10-15-29(40)16-11-25)39-38-31(20-28(21-33(38)43)26-12-8-24(2)9-13-26)41-30-6-4-5-7-32(30)42(39)36(44)18-19-37(45)46/h4-17,22,28,39,41H,3,18-21,23H2,1-2H3,(H,45,46)/t28-,39+/m1/s1. The number of carboxylic acids is 1. The summed E-state index contributed by atoms with van der Waals surface area (Å²) >= 11 is 6.05. The molecular weight excluding hydrogens is 628 g/mol. The third-order valence-corrected chi connectivity index (χ3v) is 9.00. The highest BCUT2D eigenvalue weighted by molar-refractivity contribution is 6.30. The van der Waals surface area contributed by atoms with Crippen LogP contribution in [0.5, 0.6) is 11.5 Å². The van der Waals surface area contributed by atoms with Gasteiger partial charge in [0.25, 0.3) is 0 Å². The highest BCUT2D eigenvalue weighted by atomic mass is 35.5. The van der Waals surface area contributed by atoms with Crippen molar-refractivity contribution in [2.75, 3.05) is 16.8 Å². The predicted octanol–water partition coefficient (Wildman–Crippen LogP) is 8.39. The SMILES string of the molecule is CCOc1cc([C@H]2C3=C(C[C@@H](c4ccc(C)cc4)CC3=O)Nc3ccccc3N2C(=O)CCC(=O)O)ccc1OCc1ccc(Cl)cc1. The van der Waals surface area contributed by atoms with Gasteiger partial charge in [-0.25, -0.2) is 0 Å². The molecule has 0 saturated heterocycles. The number of hydrogen-bond acceptors (Lipinski definition) is 6. The number of hydrogen-bond donors (Lipinski definition) is 2. The van der Waals surface area contributed by atoms with Crippen molar-refractivity contribution in [3.05, 3.63) is 130 Å². The summed E-state index contributed by atoms with van der Waals surface area (Å²) in [6.45, 7) is 4.55. The van der Waals surface area contributed by atoms with Gasteiger partial charge in [0.2, 0.25) is 5.91 Å². The minimum absolute atomic E-state index is 0.0472. The monoisotopic (exact) mass is 664 g/mol. The number of halogens is 1. The van der Waals surface area contributed by atoms with Gasteiger partial charge in [0.15, 0.2) is 17.3 Å². The third-order valence-electron chi connectivity index (χ3n) is 8.75. The Morgan fingerprint density at radius 1 is 0.896 bits per heavy atom. The summed E-state index contributed by atoms with van der Waals surface area (Å²) in [5, 5.41) is 13.6. The number of para-hydroxylation sites is 2. The normalized spacial score (nSPS) is 17.1. The summed E-state index contributed by atoms with van der Waals surface area (Å²) in [6.07, 6.45) is 0.263. The number of allylic oxidation sites excluding steroid dienone is 1. The van der Waals surface area contributed by atoms with E-state index in [1.54, 1.807) is 23.1 Å². The summed E-state index contributed by atoms with van der Waals surface area (Å²) in [4.78, 5) is 41.6. The number of ether oxygens (including phenoxy) is 2. The number of rotatable bonds is 10. The van der Waals surface area contributed by atoms with Gasteiger partial charge in [-0.3, -0.25) is 19.3 Å². The van der Waals surface area contributed by atoms with E-state index in [1.807, 2.05) is 62.4 Å². The molecule has 4 aromatic rings. The topological polar surface area (TPSA) is 105 Å². The predicted molar refractivity (Wildman–Crippen MR) is 186 cm³/mol. The van der Waals surface area contributed by atoms with Crippen LogP contribution in [-0.4, -0.2) is 29.4 Å². The number of carboxylic acid groups (broad SMARTS) is 1. The van der Waals surface area contributed by atoms with Crippen molar-refractivity contribution in [3.8, 4) is 11.5 Å². The number of aliphatic carboxylic acids is 1. The molecule has 2 atom stereocenters. The third kappa shape index (κ3) is 7.09. The maximum Gasteiger partial charge on any atom is 0.303 e. The van der Waals surface area contributed by atoms with Gasteiger partial charge < -0.3 is 19.9 Å².